The molecule has 1 N–H and O–H groups in total. The molecule has 0 spiro atoms. The normalized spacial score (nSPS) is 11.3. The molecular weight excluding hydrogens is 480 g/mol. The average molecular weight is 499 g/mol. The Morgan fingerprint density at radius 1 is 1.00 bits per heavy atom. The number of hydrogen-bond donors (Lipinski definition) is 1. The largest absolute Gasteiger partial charge is 0.457 e. The lowest BCUT2D eigenvalue weighted by atomic mass is 10.2. The number of nitro benzene ring substituents is 1. The van der Waals surface area contributed by atoms with E-state index in [0.29, 0.717) is 22.2 Å². The van der Waals surface area contributed by atoms with Crippen molar-refractivity contribution in [1.82, 2.24) is 9.78 Å². The van der Waals surface area contributed by atoms with Crippen LogP contribution in [0, 0.1) is 24.0 Å². The molecule has 0 fully saturated rings. The summed E-state index contributed by atoms with van der Waals surface area (Å²) in [5, 5.41) is 16.3. The number of rotatable bonds is 7. The second kappa shape index (κ2) is 9.16. The number of aryl methyl sites for hydroxylation is 1. The number of sulfonamides is 1. The second-order valence-electron chi connectivity index (χ2n) is 7.38. The van der Waals surface area contributed by atoms with Crippen molar-refractivity contribution in [1.29, 1.82) is 0 Å². The van der Waals surface area contributed by atoms with Crippen molar-refractivity contribution < 1.29 is 18.1 Å². The summed E-state index contributed by atoms with van der Waals surface area (Å²) in [5.74, 6) is 0.470. The van der Waals surface area contributed by atoms with Crippen LogP contribution in [0.2, 0.25) is 5.02 Å². The highest BCUT2D eigenvalue weighted by molar-refractivity contribution is 7.92. The molecule has 1 aromatic heterocycles. The van der Waals surface area contributed by atoms with Gasteiger partial charge in [-0.3, -0.25) is 14.8 Å². The standard InChI is InChI=1S/C23H19ClN4O5S/c1-15-23(16(2)27(25-15)19-6-4-3-5-7-19)34(31,32)26-18-12-20(28(29)30)14-22(13-18)33-21-10-8-17(24)9-11-21/h3-14,26H,1-2H3. The van der Waals surface area contributed by atoms with E-state index in [9.17, 15) is 18.5 Å². The predicted molar refractivity (Wildman–Crippen MR) is 128 cm³/mol. The van der Waals surface area contributed by atoms with Crippen molar-refractivity contribution in [3.8, 4) is 17.2 Å². The van der Waals surface area contributed by atoms with Gasteiger partial charge in [-0.25, -0.2) is 13.1 Å². The van der Waals surface area contributed by atoms with Gasteiger partial charge in [0.25, 0.3) is 15.7 Å². The van der Waals surface area contributed by atoms with E-state index in [1.165, 1.54) is 16.8 Å². The van der Waals surface area contributed by atoms with Gasteiger partial charge in [-0.2, -0.15) is 5.10 Å². The number of non-ortho nitro benzene ring substituents is 1. The number of benzene rings is 3. The van der Waals surface area contributed by atoms with Gasteiger partial charge in [0.05, 0.1) is 33.8 Å². The number of hydrogen-bond acceptors (Lipinski definition) is 6. The van der Waals surface area contributed by atoms with Crippen molar-refractivity contribution in [3.05, 3.63) is 99.3 Å². The van der Waals surface area contributed by atoms with Crippen LogP contribution in [0.3, 0.4) is 0 Å². The summed E-state index contributed by atoms with van der Waals surface area (Å²) in [5.41, 5.74) is 1.04. The van der Waals surface area contributed by atoms with E-state index >= 15 is 0 Å². The fourth-order valence-electron chi connectivity index (χ4n) is 3.49. The van der Waals surface area contributed by atoms with Crippen molar-refractivity contribution in [2.24, 2.45) is 0 Å². The van der Waals surface area contributed by atoms with Gasteiger partial charge >= 0.3 is 0 Å². The Morgan fingerprint density at radius 2 is 1.68 bits per heavy atom. The lowest BCUT2D eigenvalue weighted by Gasteiger charge is -2.11. The third kappa shape index (κ3) is 4.87. The van der Waals surface area contributed by atoms with E-state index in [1.807, 2.05) is 30.3 Å². The molecule has 0 saturated heterocycles. The molecule has 0 amide bonds. The molecule has 0 aliphatic rings. The molecule has 4 rings (SSSR count). The first-order valence-electron chi connectivity index (χ1n) is 10.0. The SMILES string of the molecule is Cc1nn(-c2ccccc2)c(C)c1S(=O)(=O)Nc1cc(Oc2ccc(Cl)cc2)cc([N+](=O)[O-])c1. The summed E-state index contributed by atoms with van der Waals surface area (Å²) in [6.07, 6.45) is 0. The van der Waals surface area contributed by atoms with Gasteiger partial charge in [-0.15, -0.1) is 0 Å². The maximum atomic E-state index is 13.3. The molecule has 4 aromatic rings. The molecular formula is C23H19ClN4O5S. The molecule has 174 valence electrons. The Labute approximate surface area is 200 Å². The maximum Gasteiger partial charge on any atom is 0.275 e. The topological polar surface area (TPSA) is 116 Å². The number of halogens is 1. The molecule has 0 aliphatic heterocycles. The Balaban J connectivity index is 1.70. The number of nitro groups is 1. The zero-order chi connectivity index (χ0) is 24.5. The number of nitrogens with one attached hydrogen (secondary N) is 1. The third-order valence-electron chi connectivity index (χ3n) is 4.90. The van der Waals surface area contributed by atoms with Crippen LogP contribution in [0.5, 0.6) is 11.5 Å². The van der Waals surface area contributed by atoms with Gasteiger partial charge in [0.1, 0.15) is 16.4 Å². The van der Waals surface area contributed by atoms with Crippen LogP contribution in [-0.2, 0) is 10.0 Å². The molecule has 11 heteroatoms. The average Bonchev–Trinajstić information content (AvgIpc) is 3.10. The lowest BCUT2D eigenvalue weighted by molar-refractivity contribution is -0.384. The second-order valence-corrected chi connectivity index (χ2v) is 9.44. The molecule has 0 aliphatic carbocycles. The maximum absolute atomic E-state index is 13.3. The Bertz CT molecular complexity index is 1470. The van der Waals surface area contributed by atoms with Crippen LogP contribution in [0.15, 0.2) is 77.7 Å². The first kappa shape index (κ1) is 23.3. The Hall–Kier alpha value is -3.89. The summed E-state index contributed by atoms with van der Waals surface area (Å²) < 4.78 is 36.2. The van der Waals surface area contributed by atoms with Crippen LogP contribution in [0.25, 0.3) is 5.69 Å². The van der Waals surface area contributed by atoms with E-state index < -0.39 is 14.9 Å². The van der Waals surface area contributed by atoms with E-state index in [0.717, 1.165) is 6.07 Å². The highest BCUT2D eigenvalue weighted by Gasteiger charge is 2.26. The fraction of sp³-hybridized carbons (Fsp3) is 0.0870. The van der Waals surface area contributed by atoms with Crippen molar-refractivity contribution in [2.75, 3.05) is 4.72 Å². The zero-order valence-electron chi connectivity index (χ0n) is 18.1. The van der Waals surface area contributed by atoms with Crippen LogP contribution < -0.4 is 9.46 Å². The van der Waals surface area contributed by atoms with Crippen LogP contribution >= 0.6 is 11.6 Å². The van der Waals surface area contributed by atoms with Gasteiger partial charge in [0.2, 0.25) is 0 Å². The first-order chi connectivity index (χ1) is 16.1. The molecule has 3 aromatic carbocycles. The minimum absolute atomic E-state index is 0.0111. The van der Waals surface area contributed by atoms with Crippen LogP contribution in [-0.4, -0.2) is 23.1 Å². The van der Waals surface area contributed by atoms with Crippen molar-refractivity contribution in [2.45, 2.75) is 18.7 Å². The summed E-state index contributed by atoms with van der Waals surface area (Å²) in [4.78, 5) is 10.8. The molecule has 0 radical (unpaired) electrons. The van der Waals surface area contributed by atoms with E-state index in [1.54, 1.807) is 38.1 Å². The van der Waals surface area contributed by atoms with Crippen LogP contribution in [0.1, 0.15) is 11.4 Å². The molecule has 0 bridgehead atoms. The summed E-state index contributed by atoms with van der Waals surface area (Å²) in [6, 6.07) is 19.2. The summed E-state index contributed by atoms with van der Waals surface area (Å²) in [7, 11) is -4.13. The number of nitrogens with zero attached hydrogens (tertiary/aromatic N) is 3. The van der Waals surface area contributed by atoms with E-state index in [-0.39, 0.29) is 27.7 Å². The predicted octanol–water partition coefficient (Wildman–Crippen LogP) is 5.64. The Morgan fingerprint density at radius 3 is 2.32 bits per heavy atom. The van der Waals surface area contributed by atoms with Crippen molar-refractivity contribution >= 4 is 33.0 Å². The molecule has 34 heavy (non-hydrogen) atoms. The summed E-state index contributed by atoms with van der Waals surface area (Å²) >= 11 is 5.88. The molecule has 1 heterocycles. The fourth-order valence-corrected chi connectivity index (χ4v) is 5.05. The first-order valence-corrected chi connectivity index (χ1v) is 11.9. The number of ether oxygens (including phenoxy) is 1. The highest BCUT2D eigenvalue weighted by atomic mass is 35.5. The van der Waals surface area contributed by atoms with Gasteiger partial charge in [-0.05, 0) is 50.2 Å². The lowest BCUT2D eigenvalue weighted by Crippen LogP contribution is -2.15. The van der Waals surface area contributed by atoms with E-state index in [2.05, 4.69) is 9.82 Å². The molecule has 9 nitrogen and oxygen atoms in total. The monoisotopic (exact) mass is 498 g/mol. The van der Waals surface area contributed by atoms with E-state index in [4.69, 9.17) is 16.3 Å². The van der Waals surface area contributed by atoms with Crippen LogP contribution in [0.4, 0.5) is 11.4 Å². The molecule has 0 atom stereocenters. The summed E-state index contributed by atoms with van der Waals surface area (Å²) in [6.45, 7) is 3.23. The number of anilines is 1. The van der Waals surface area contributed by atoms with Gasteiger partial charge < -0.3 is 4.74 Å². The minimum Gasteiger partial charge on any atom is -0.457 e. The highest BCUT2D eigenvalue weighted by Crippen LogP contribution is 2.32. The molecule has 0 saturated carbocycles. The van der Waals surface area contributed by atoms with Gasteiger partial charge in [-0.1, -0.05) is 29.8 Å². The Kier molecular flexibility index (Phi) is 6.27. The zero-order valence-corrected chi connectivity index (χ0v) is 19.7. The van der Waals surface area contributed by atoms with Gasteiger partial charge in [0, 0.05) is 17.2 Å². The van der Waals surface area contributed by atoms with Gasteiger partial charge in [0.15, 0.2) is 0 Å². The quantitative estimate of drug-likeness (QED) is 0.260. The smallest absolute Gasteiger partial charge is 0.275 e. The third-order valence-corrected chi connectivity index (χ3v) is 6.78. The minimum atomic E-state index is -4.13. The molecule has 0 unspecified atom stereocenters. The number of aromatic nitrogens is 2. The van der Waals surface area contributed by atoms with Crippen molar-refractivity contribution in [3.63, 3.8) is 0 Å². The number of para-hydroxylation sites is 1.